The van der Waals surface area contributed by atoms with Crippen molar-refractivity contribution in [3.63, 3.8) is 0 Å². The number of para-hydroxylation sites is 1. The van der Waals surface area contributed by atoms with Crippen LogP contribution in [0.25, 0.3) is 0 Å². The highest BCUT2D eigenvalue weighted by molar-refractivity contribution is 5.98. The molecule has 0 N–H and O–H groups in total. The molecule has 0 saturated carbocycles. The number of anilines is 2. The van der Waals surface area contributed by atoms with Gasteiger partial charge >= 0.3 is 0 Å². The van der Waals surface area contributed by atoms with Crippen LogP contribution in [0.15, 0.2) is 54.9 Å². The van der Waals surface area contributed by atoms with Gasteiger partial charge < -0.3 is 14.7 Å². The first-order chi connectivity index (χ1) is 16.4. The lowest BCUT2D eigenvalue weighted by atomic mass is 9.98. The molecule has 0 radical (unpaired) electrons. The number of hydrogen-bond donors (Lipinski definition) is 0. The molecule has 1 unspecified atom stereocenters. The van der Waals surface area contributed by atoms with Crippen LogP contribution in [0, 0.1) is 0 Å². The number of rotatable bonds is 4. The minimum Gasteiger partial charge on any atom is -0.368 e. The van der Waals surface area contributed by atoms with Crippen molar-refractivity contribution < 1.29 is 9.59 Å². The minimum atomic E-state index is -0.151. The van der Waals surface area contributed by atoms with Gasteiger partial charge in [0.05, 0.1) is 5.92 Å². The van der Waals surface area contributed by atoms with Gasteiger partial charge in [-0.25, -0.2) is 4.98 Å². The number of piperazine rings is 1. The Hall–Kier alpha value is -3.68. The van der Waals surface area contributed by atoms with E-state index < -0.39 is 0 Å². The topological polar surface area (TPSA) is 74.6 Å². The van der Waals surface area contributed by atoms with E-state index >= 15 is 0 Å². The number of aromatic nitrogens is 3. The molecule has 1 atom stereocenters. The van der Waals surface area contributed by atoms with Crippen molar-refractivity contribution in [2.45, 2.75) is 32.7 Å². The Morgan fingerprint density at radius 3 is 2.38 bits per heavy atom. The SMILES string of the molecule is CC(=O)N1CC(c2ncn(C(C)C)n2)c2cc(C(=O)N3CCN(c4ccccc4)CC3)ccc21. The van der Waals surface area contributed by atoms with E-state index in [1.54, 1.807) is 18.2 Å². The number of hydrogen-bond acceptors (Lipinski definition) is 5. The third-order valence-electron chi connectivity index (χ3n) is 6.74. The summed E-state index contributed by atoms with van der Waals surface area (Å²) in [6, 6.07) is 16.2. The van der Waals surface area contributed by atoms with Gasteiger partial charge in [0.25, 0.3) is 5.91 Å². The van der Waals surface area contributed by atoms with E-state index in [1.165, 1.54) is 5.69 Å². The maximum atomic E-state index is 13.4. The van der Waals surface area contributed by atoms with Crippen molar-refractivity contribution in [3.05, 3.63) is 71.8 Å². The fourth-order valence-corrected chi connectivity index (χ4v) is 4.80. The summed E-state index contributed by atoms with van der Waals surface area (Å²) < 4.78 is 1.83. The minimum absolute atomic E-state index is 0.0243. The zero-order chi connectivity index (χ0) is 23.8. The smallest absolute Gasteiger partial charge is 0.253 e. The molecule has 5 rings (SSSR count). The fourth-order valence-electron chi connectivity index (χ4n) is 4.80. The van der Waals surface area contributed by atoms with Crippen LogP contribution >= 0.6 is 0 Å². The van der Waals surface area contributed by atoms with Crippen molar-refractivity contribution in [1.82, 2.24) is 19.7 Å². The van der Waals surface area contributed by atoms with Crippen LogP contribution in [0.5, 0.6) is 0 Å². The summed E-state index contributed by atoms with van der Waals surface area (Å²) in [5.74, 6) is 0.528. The van der Waals surface area contributed by atoms with E-state index in [2.05, 4.69) is 41.0 Å². The summed E-state index contributed by atoms with van der Waals surface area (Å²) in [6.45, 7) is 9.12. The third-order valence-corrected chi connectivity index (χ3v) is 6.74. The Morgan fingerprint density at radius 2 is 1.74 bits per heavy atom. The molecule has 34 heavy (non-hydrogen) atoms. The van der Waals surface area contributed by atoms with E-state index in [1.807, 2.05) is 46.0 Å². The van der Waals surface area contributed by atoms with E-state index in [0.717, 1.165) is 24.3 Å². The van der Waals surface area contributed by atoms with Crippen molar-refractivity contribution in [2.24, 2.45) is 0 Å². The summed E-state index contributed by atoms with van der Waals surface area (Å²) in [4.78, 5) is 36.2. The first-order valence-corrected chi connectivity index (χ1v) is 11.8. The first kappa shape index (κ1) is 22.1. The van der Waals surface area contributed by atoms with Crippen molar-refractivity contribution in [2.75, 3.05) is 42.5 Å². The van der Waals surface area contributed by atoms with Gasteiger partial charge in [0.1, 0.15) is 6.33 Å². The van der Waals surface area contributed by atoms with Crippen LogP contribution in [-0.2, 0) is 4.79 Å². The lowest BCUT2D eigenvalue weighted by Crippen LogP contribution is -2.48. The predicted octanol–water partition coefficient (Wildman–Crippen LogP) is 3.32. The largest absolute Gasteiger partial charge is 0.368 e. The molecule has 176 valence electrons. The summed E-state index contributed by atoms with van der Waals surface area (Å²) in [6.07, 6.45) is 1.73. The zero-order valence-electron chi connectivity index (χ0n) is 19.9. The Balaban J connectivity index is 1.38. The van der Waals surface area contributed by atoms with Crippen LogP contribution in [-0.4, -0.2) is 64.2 Å². The van der Waals surface area contributed by atoms with Gasteiger partial charge in [0, 0.05) is 62.6 Å². The van der Waals surface area contributed by atoms with Gasteiger partial charge in [-0.15, -0.1) is 0 Å². The monoisotopic (exact) mass is 458 g/mol. The molecule has 8 nitrogen and oxygen atoms in total. The maximum Gasteiger partial charge on any atom is 0.253 e. The van der Waals surface area contributed by atoms with Crippen LogP contribution in [0.4, 0.5) is 11.4 Å². The number of amides is 2. The molecule has 1 aromatic heterocycles. The summed E-state index contributed by atoms with van der Waals surface area (Å²) in [5, 5.41) is 4.65. The van der Waals surface area contributed by atoms with Crippen LogP contribution < -0.4 is 9.80 Å². The second-order valence-electron chi connectivity index (χ2n) is 9.25. The molecule has 8 heteroatoms. The molecule has 3 aromatic rings. The van der Waals surface area contributed by atoms with Crippen molar-refractivity contribution in [3.8, 4) is 0 Å². The highest BCUT2D eigenvalue weighted by Gasteiger charge is 2.35. The normalized spacial score (nSPS) is 17.9. The molecule has 2 aliphatic heterocycles. The average molecular weight is 459 g/mol. The summed E-state index contributed by atoms with van der Waals surface area (Å²) in [7, 11) is 0. The second-order valence-corrected chi connectivity index (χ2v) is 9.25. The van der Waals surface area contributed by atoms with Crippen LogP contribution in [0.1, 0.15) is 54.5 Å². The first-order valence-electron chi connectivity index (χ1n) is 11.8. The lowest BCUT2D eigenvalue weighted by Gasteiger charge is -2.36. The third kappa shape index (κ3) is 4.04. The highest BCUT2D eigenvalue weighted by Crippen LogP contribution is 2.40. The van der Waals surface area contributed by atoms with Crippen LogP contribution in [0.3, 0.4) is 0 Å². The maximum absolute atomic E-state index is 13.4. The van der Waals surface area contributed by atoms with Gasteiger partial charge in [0.15, 0.2) is 5.82 Å². The number of fused-ring (bicyclic) bond motifs is 1. The summed E-state index contributed by atoms with van der Waals surface area (Å²) in [5.41, 5.74) is 3.60. The van der Waals surface area contributed by atoms with Crippen molar-refractivity contribution >= 4 is 23.2 Å². The molecule has 2 aliphatic rings. The Kier molecular flexibility index (Phi) is 5.81. The molecule has 1 saturated heterocycles. The number of benzene rings is 2. The van der Waals surface area contributed by atoms with E-state index in [9.17, 15) is 9.59 Å². The quantitative estimate of drug-likeness (QED) is 0.600. The molecule has 0 aliphatic carbocycles. The molecular formula is C26H30N6O2. The lowest BCUT2D eigenvalue weighted by molar-refractivity contribution is -0.116. The molecule has 0 bridgehead atoms. The van der Waals surface area contributed by atoms with Crippen LogP contribution in [0.2, 0.25) is 0 Å². The van der Waals surface area contributed by atoms with Gasteiger partial charge in [-0.05, 0) is 49.7 Å². The summed E-state index contributed by atoms with van der Waals surface area (Å²) >= 11 is 0. The zero-order valence-corrected chi connectivity index (χ0v) is 19.9. The van der Waals surface area contributed by atoms with E-state index in [-0.39, 0.29) is 23.8 Å². The van der Waals surface area contributed by atoms with Gasteiger partial charge in [-0.2, -0.15) is 5.10 Å². The van der Waals surface area contributed by atoms with Gasteiger partial charge in [0.2, 0.25) is 5.91 Å². The fraction of sp³-hybridized carbons (Fsp3) is 0.385. The Bertz CT molecular complexity index is 1200. The molecule has 2 aromatic carbocycles. The van der Waals surface area contributed by atoms with E-state index in [4.69, 9.17) is 0 Å². The predicted molar refractivity (Wildman–Crippen MR) is 131 cm³/mol. The molecule has 2 amide bonds. The van der Waals surface area contributed by atoms with E-state index in [0.29, 0.717) is 31.0 Å². The number of nitrogens with zero attached hydrogens (tertiary/aromatic N) is 6. The number of carbonyl (C=O) groups is 2. The molecule has 0 spiro atoms. The number of carbonyl (C=O) groups excluding carboxylic acids is 2. The molecule has 1 fully saturated rings. The highest BCUT2D eigenvalue weighted by atomic mass is 16.2. The molecule has 3 heterocycles. The standard InChI is InChI=1S/C26H30N6O2/c1-18(2)32-17-27-25(28-32)23-16-31(19(3)33)24-10-9-20(15-22(23)24)26(34)30-13-11-29(12-14-30)21-7-5-4-6-8-21/h4-10,15,17-18,23H,11-14,16H2,1-3H3. The molecular weight excluding hydrogens is 428 g/mol. The Labute approximate surface area is 199 Å². The second kappa shape index (κ2) is 8.93. The van der Waals surface area contributed by atoms with Gasteiger partial charge in [-0.1, -0.05) is 18.2 Å². The average Bonchev–Trinajstić information content (AvgIpc) is 3.49. The van der Waals surface area contributed by atoms with Gasteiger partial charge in [-0.3, -0.25) is 14.3 Å². The Morgan fingerprint density at radius 1 is 1.00 bits per heavy atom. The van der Waals surface area contributed by atoms with Crippen molar-refractivity contribution in [1.29, 1.82) is 0 Å².